The van der Waals surface area contributed by atoms with Crippen LogP contribution in [0.25, 0.3) is 0 Å². The molecule has 1 aromatic carbocycles. The zero-order valence-electron chi connectivity index (χ0n) is 12.4. The second kappa shape index (κ2) is 6.72. The van der Waals surface area contributed by atoms with E-state index in [0.717, 1.165) is 24.1 Å². The van der Waals surface area contributed by atoms with Crippen LogP contribution in [-0.4, -0.2) is 42.5 Å². The van der Waals surface area contributed by atoms with E-state index in [2.05, 4.69) is 12.2 Å². The molecule has 0 spiro atoms. The van der Waals surface area contributed by atoms with Crippen molar-refractivity contribution < 1.29 is 19.2 Å². The van der Waals surface area contributed by atoms with Gasteiger partial charge >= 0.3 is 0 Å². The average molecular weight is 290 g/mol. The highest BCUT2D eigenvalue weighted by atomic mass is 16.4. The van der Waals surface area contributed by atoms with Gasteiger partial charge in [-0.2, -0.15) is 0 Å². The summed E-state index contributed by atoms with van der Waals surface area (Å²) in [5, 5.41) is 13.5. The summed E-state index contributed by atoms with van der Waals surface area (Å²) in [7, 11) is 0. The minimum Gasteiger partial charge on any atom is -0.545 e. The van der Waals surface area contributed by atoms with Crippen molar-refractivity contribution in [3.63, 3.8) is 0 Å². The molecule has 1 N–H and O–H groups in total. The first-order valence-corrected chi connectivity index (χ1v) is 7.51. The Bertz CT molecular complexity index is 505. The lowest BCUT2D eigenvalue weighted by Gasteiger charge is -2.40. The highest BCUT2D eigenvalue weighted by Gasteiger charge is 2.30. The lowest BCUT2D eigenvalue weighted by molar-refractivity contribution is -0.923. The van der Waals surface area contributed by atoms with E-state index < -0.39 is 5.97 Å². The van der Waals surface area contributed by atoms with E-state index in [1.54, 1.807) is 12.1 Å². The molecule has 0 unspecified atom stereocenters. The molecule has 0 atom stereocenters. The van der Waals surface area contributed by atoms with Gasteiger partial charge in [-0.3, -0.25) is 4.79 Å². The Morgan fingerprint density at radius 3 is 2.29 bits per heavy atom. The topological polar surface area (TPSA) is 69.2 Å². The number of carboxylic acid groups (broad SMARTS) is 1. The summed E-state index contributed by atoms with van der Waals surface area (Å²) in [5.41, 5.74) is 0.734. The van der Waals surface area contributed by atoms with Gasteiger partial charge in [-0.05, 0) is 43.9 Å². The molecule has 1 aromatic rings. The number of hydrogen-bond acceptors (Lipinski definition) is 3. The summed E-state index contributed by atoms with van der Waals surface area (Å²) < 4.78 is 0.850. The summed E-state index contributed by atoms with van der Waals surface area (Å²) in [6.45, 7) is 5.71. The van der Waals surface area contributed by atoms with Gasteiger partial charge in [0.2, 0.25) is 0 Å². The van der Waals surface area contributed by atoms with Crippen LogP contribution in [0.2, 0.25) is 0 Å². The Morgan fingerprint density at radius 2 is 1.76 bits per heavy atom. The first-order chi connectivity index (χ1) is 10.0. The molecule has 5 nitrogen and oxygen atoms in total. The van der Waals surface area contributed by atoms with Crippen molar-refractivity contribution >= 4 is 17.6 Å². The predicted molar refractivity (Wildman–Crippen MR) is 78.7 cm³/mol. The van der Waals surface area contributed by atoms with E-state index in [1.165, 1.54) is 31.4 Å². The maximum Gasteiger partial charge on any atom is 0.279 e. The van der Waals surface area contributed by atoms with E-state index in [0.29, 0.717) is 12.2 Å². The third-order valence-corrected chi connectivity index (χ3v) is 4.32. The quantitative estimate of drug-likeness (QED) is 0.823. The summed E-state index contributed by atoms with van der Waals surface area (Å²) in [4.78, 5) is 22.9. The van der Waals surface area contributed by atoms with Gasteiger partial charge in [0.05, 0.1) is 25.6 Å². The molecule has 5 heteroatoms. The molecule has 21 heavy (non-hydrogen) atoms. The van der Waals surface area contributed by atoms with Crippen LogP contribution in [0.1, 0.15) is 36.5 Å². The largest absolute Gasteiger partial charge is 0.545 e. The number of quaternary nitrogens is 1. The van der Waals surface area contributed by atoms with E-state index in [9.17, 15) is 14.7 Å². The fourth-order valence-corrected chi connectivity index (χ4v) is 2.96. The van der Waals surface area contributed by atoms with Crippen molar-refractivity contribution in [1.82, 2.24) is 0 Å². The highest BCUT2D eigenvalue weighted by molar-refractivity contribution is 5.92. The Balaban J connectivity index is 1.95. The van der Waals surface area contributed by atoms with Crippen molar-refractivity contribution in [1.29, 1.82) is 0 Å². The number of aromatic carboxylic acids is 1. The number of benzene rings is 1. The number of anilines is 1. The Kier molecular flexibility index (Phi) is 4.96. The number of nitrogens with one attached hydrogen (secondary N) is 1. The summed E-state index contributed by atoms with van der Waals surface area (Å²) >= 11 is 0. The number of rotatable bonds is 5. The molecule has 0 aromatic heterocycles. The van der Waals surface area contributed by atoms with Gasteiger partial charge in [0.1, 0.15) is 0 Å². The van der Waals surface area contributed by atoms with E-state index >= 15 is 0 Å². The number of likely N-dealkylation sites (tertiary alicyclic amines) is 1. The number of carbonyl (C=O) groups is 2. The van der Waals surface area contributed by atoms with Crippen LogP contribution in [0.5, 0.6) is 0 Å². The van der Waals surface area contributed by atoms with E-state index in [1.807, 2.05) is 0 Å². The van der Waals surface area contributed by atoms with Crippen molar-refractivity contribution in [2.45, 2.75) is 26.2 Å². The second-order valence-corrected chi connectivity index (χ2v) is 5.74. The molecule has 114 valence electrons. The molecule has 0 saturated carbocycles. The van der Waals surface area contributed by atoms with Gasteiger partial charge in [-0.1, -0.05) is 12.1 Å². The van der Waals surface area contributed by atoms with Crippen molar-refractivity contribution in [3.8, 4) is 0 Å². The fraction of sp³-hybridized carbons (Fsp3) is 0.500. The van der Waals surface area contributed by atoms with E-state index in [4.69, 9.17) is 0 Å². The van der Waals surface area contributed by atoms with Crippen LogP contribution in [-0.2, 0) is 4.79 Å². The smallest absolute Gasteiger partial charge is 0.279 e. The number of likely N-dealkylation sites (N-methyl/N-ethyl adjacent to an activating group) is 1. The van der Waals surface area contributed by atoms with Gasteiger partial charge in [-0.25, -0.2) is 0 Å². The maximum atomic E-state index is 12.2. The van der Waals surface area contributed by atoms with Gasteiger partial charge in [0, 0.05) is 5.69 Å². The second-order valence-electron chi connectivity index (χ2n) is 5.74. The number of carboxylic acids is 1. The molecular weight excluding hydrogens is 268 g/mol. The molecule has 1 heterocycles. The summed E-state index contributed by atoms with van der Waals surface area (Å²) in [6, 6.07) is 6.07. The lowest BCUT2D eigenvalue weighted by atomic mass is 10.1. The fourth-order valence-electron chi connectivity index (χ4n) is 2.96. The SMILES string of the molecule is CC[N+]1(CC(=O)Nc2ccc(C(=O)[O-])cc2)CCCCC1. The lowest BCUT2D eigenvalue weighted by Crippen LogP contribution is -2.55. The number of amides is 1. The Labute approximate surface area is 125 Å². The molecule has 0 radical (unpaired) electrons. The van der Waals surface area contributed by atoms with Gasteiger partial charge in [0.25, 0.3) is 5.91 Å². The van der Waals surface area contributed by atoms with Crippen molar-refractivity contribution in [3.05, 3.63) is 29.8 Å². The third kappa shape index (κ3) is 4.04. The van der Waals surface area contributed by atoms with Crippen molar-refractivity contribution in [2.24, 2.45) is 0 Å². The maximum absolute atomic E-state index is 12.2. The predicted octanol–water partition coefficient (Wildman–Crippen LogP) is 1.01. The normalized spacial score (nSPS) is 17.2. The molecule has 2 rings (SSSR count). The molecule has 1 aliphatic heterocycles. The number of piperidine rings is 1. The van der Waals surface area contributed by atoms with Gasteiger partial charge in [-0.15, -0.1) is 0 Å². The number of carbonyl (C=O) groups excluding carboxylic acids is 2. The van der Waals surface area contributed by atoms with Crippen LogP contribution < -0.4 is 10.4 Å². The molecule has 1 aliphatic rings. The standard InChI is InChI=1S/C16H22N2O3/c1-2-18(10-4-3-5-11-18)12-15(19)17-14-8-6-13(7-9-14)16(20)21/h6-9H,2-5,10-12H2,1H3,(H-,17,19,20,21). The van der Waals surface area contributed by atoms with Gasteiger partial charge < -0.3 is 19.7 Å². The molecule has 1 fully saturated rings. The van der Waals surface area contributed by atoms with Crippen LogP contribution in [0.4, 0.5) is 5.69 Å². The first-order valence-electron chi connectivity index (χ1n) is 7.51. The molecule has 0 bridgehead atoms. The minimum absolute atomic E-state index is 0.0139. The zero-order valence-corrected chi connectivity index (χ0v) is 12.4. The monoisotopic (exact) mass is 290 g/mol. The van der Waals surface area contributed by atoms with Crippen molar-refractivity contribution in [2.75, 3.05) is 31.5 Å². The molecule has 1 amide bonds. The van der Waals surface area contributed by atoms with Crippen LogP contribution in [0.3, 0.4) is 0 Å². The highest BCUT2D eigenvalue weighted by Crippen LogP contribution is 2.19. The van der Waals surface area contributed by atoms with E-state index in [-0.39, 0.29) is 11.5 Å². The minimum atomic E-state index is -1.21. The number of nitrogens with zero attached hydrogens (tertiary/aromatic N) is 1. The first kappa shape index (κ1) is 15.5. The zero-order chi connectivity index (χ0) is 15.3. The van der Waals surface area contributed by atoms with Crippen LogP contribution in [0, 0.1) is 0 Å². The third-order valence-electron chi connectivity index (χ3n) is 4.32. The van der Waals surface area contributed by atoms with Gasteiger partial charge in [0.15, 0.2) is 6.54 Å². The molecule has 1 saturated heterocycles. The molecular formula is C16H22N2O3. The van der Waals surface area contributed by atoms with Crippen LogP contribution in [0.15, 0.2) is 24.3 Å². The Morgan fingerprint density at radius 1 is 1.14 bits per heavy atom. The summed E-state index contributed by atoms with van der Waals surface area (Å²) in [5.74, 6) is -1.23. The Hall–Kier alpha value is -1.88. The average Bonchev–Trinajstić information content (AvgIpc) is 2.48. The summed E-state index contributed by atoms with van der Waals surface area (Å²) in [6.07, 6.45) is 3.62. The number of hydrogen-bond donors (Lipinski definition) is 1. The van der Waals surface area contributed by atoms with Crippen LogP contribution >= 0.6 is 0 Å². The molecule has 0 aliphatic carbocycles.